The Kier molecular flexibility index (Phi) is 5.78. The summed E-state index contributed by atoms with van der Waals surface area (Å²) < 4.78 is 8.35. The second kappa shape index (κ2) is 8.70. The Labute approximate surface area is 213 Å². The van der Waals surface area contributed by atoms with Crippen molar-refractivity contribution in [3.05, 3.63) is 84.5 Å². The van der Waals surface area contributed by atoms with Gasteiger partial charge >= 0.3 is 0 Å². The summed E-state index contributed by atoms with van der Waals surface area (Å²) in [5, 5.41) is 5.68. The second-order valence-corrected chi connectivity index (χ2v) is 11.7. The maximum atomic E-state index is 6.46. The van der Waals surface area contributed by atoms with Gasteiger partial charge < -0.3 is 14.5 Å². The lowest BCUT2D eigenvalue weighted by Gasteiger charge is -2.25. The van der Waals surface area contributed by atoms with Gasteiger partial charge in [0.05, 0.1) is 18.4 Å². The zero-order valence-corrected chi connectivity index (χ0v) is 22.3. The van der Waals surface area contributed by atoms with Crippen LogP contribution in [0.3, 0.4) is 0 Å². The van der Waals surface area contributed by atoms with Crippen molar-refractivity contribution in [1.82, 2.24) is 19.7 Å². The summed E-state index contributed by atoms with van der Waals surface area (Å²) in [4.78, 5) is 8.99. The Morgan fingerprint density at radius 1 is 0.806 bits per heavy atom. The highest BCUT2D eigenvalue weighted by atomic mass is 16.5. The minimum atomic E-state index is -0.00419. The number of hydrogen-bond acceptors (Lipinski definition) is 5. The normalized spacial score (nSPS) is 14.2. The van der Waals surface area contributed by atoms with Crippen LogP contribution in [0.1, 0.15) is 52.7 Å². The average Bonchev–Trinajstić information content (AvgIpc) is 3.44. The highest BCUT2D eigenvalue weighted by Gasteiger charge is 2.20. The van der Waals surface area contributed by atoms with E-state index in [0.29, 0.717) is 0 Å². The van der Waals surface area contributed by atoms with E-state index < -0.39 is 0 Å². The van der Waals surface area contributed by atoms with Gasteiger partial charge in [-0.1, -0.05) is 41.5 Å². The molecule has 0 radical (unpaired) electrons. The van der Waals surface area contributed by atoms with Gasteiger partial charge in [0.1, 0.15) is 11.5 Å². The van der Waals surface area contributed by atoms with Gasteiger partial charge in [-0.15, -0.1) is 0 Å². The summed E-state index contributed by atoms with van der Waals surface area (Å²) in [5.41, 5.74) is 4.55. The lowest BCUT2D eigenvalue weighted by atomic mass is 9.86. The van der Waals surface area contributed by atoms with Gasteiger partial charge in [0, 0.05) is 48.9 Å². The Balaban J connectivity index is 1.52. The maximum absolute atomic E-state index is 6.46. The predicted octanol–water partition coefficient (Wildman–Crippen LogP) is 6.99. The van der Waals surface area contributed by atoms with Crippen molar-refractivity contribution in [2.75, 3.05) is 18.6 Å². The lowest BCUT2D eigenvalue weighted by molar-refractivity contribution is 0.477. The number of pyridine rings is 1. The summed E-state index contributed by atoms with van der Waals surface area (Å²) in [6, 6.07) is 16.8. The molecule has 36 heavy (non-hydrogen) atoms. The predicted molar refractivity (Wildman–Crippen MR) is 147 cm³/mol. The summed E-state index contributed by atoms with van der Waals surface area (Å²) in [6.07, 6.45) is 7.92. The van der Waals surface area contributed by atoms with Gasteiger partial charge in [-0.3, -0.25) is 0 Å². The van der Waals surface area contributed by atoms with E-state index in [9.17, 15) is 0 Å². The molecule has 5 rings (SSSR count). The van der Waals surface area contributed by atoms with Crippen LogP contribution in [0, 0.1) is 0 Å². The number of anilines is 1. The largest absolute Gasteiger partial charge is 0.457 e. The molecular formula is C30H35N5O. The minimum absolute atomic E-state index is 0.00419. The number of nitrogens with zero attached hydrogens (tertiary/aromatic N) is 5. The fourth-order valence-corrected chi connectivity index (χ4v) is 4.32. The first-order valence-corrected chi connectivity index (χ1v) is 12.4. The molecule has 0 spiro atoms. The molecule has 2 aromatic carbocycles. The summed E-state index contributed by atoms with van der Waals surface area (Å²) >= 11 is 0. The van der Waals surface area contributed by atoms with Gasteiger partial charge in [-0.05, 0) is 58.4 Å². The quantitative estimate of drug-likeness (QED) is 0.314. The Morgan fingerprint density at radius 2 is 1.58 bits per heavy atom. The van der Waals surface area contributed by atoms with Gasteiger partial charge in [0.25, 0.3) is 0 Å². The first-order chi connectivity index (χ1) is 17.0. The second-order valence-electron chi connectivity index (χ2n) is 11.7. The zero-order chi connectivity index (χ0) is 25.7. The van der Waals surface area contributed by atoms with Crippen LogP contribution >= 0.6 is 0 Å². The zero-order valence-electron chi connectivity index (χ0n) is 22.3. The van der Waals surface area contributed by atoms with E-state index in [1.165, 1.54) is 11.1 Å². The van der Waals surface area contributed by atoms with Crippen molar-refractivity contribution in [2.45, 2.75) is 52.4 Å². The van der Waals surface area contributed by atoms with Gasteiger partial charge in [0.2, 0.25) is 0 Å². The molecule has 2 aromatic heterocycles. The topological polar surface area (TPSA) is 46.4 Å². The molecule has 4 aromatic rings. The Bertz CT molecular complexity index is 1440. The average molecular weight is 482 g/mol. The Morgan fingerprint density at radius 3 is 2.28 bits per heavy atom. The van der Waals surface area contributed by atoms with E-state index in [2.05, 4.69) is 117 Å². The molecule has 186 valence electrons. The molecule has 0 bridgehead atoms. The molecule has 0 aliphatic carbocycles. The molecule has 0 saturated heterocycles. The molecule has 0 unspecified atom stereocenters. The monoisotopic (exact) mass is 481 g/mol. The van der Waals surface area contributed by atoms with Crippen molar-refractivity contribution in [3.63, 3.8) is 0 Å². The third kappa shape index (κ3) is 4.81. The van der Waals surface area contributed by atoms with Crippen LogP contribution < -0.4 is 9.64 Å². The summed E-state index contributed by atoms with van der Waals surface area (Å²) in [7, 11) is 2.08. The fourth-order valence-electron chi connectivity index (χ4n) is 4.32. The van der Waals surface area contributed by atoms with Crippen LogP contribution in [0.2, 0.25) is 0 Å². The van der Waals surface area contributed by atoms with Gasteiger partial charge in [0.15, 0.2) is 5.82 Å². The summed E-state index contributed by atoms with van der Waals surface area (Å²) in [5.74, 6) is 2.39. The molecule has 0 saturated carbocycles. The summed E-state index contributed by atoms with van der Waals surface area (Å²) in [6.45, 7) is 14.1. The SMILES string of the molecule is CN1C=CN(c2cc(Oc3ccc4cnn(-c5cc(C(C)(C)C)ccn5)c4c3)cc(C(C)(C)C)c2)C1. The van der Waals surface area contributed by atoms with Crippen LogP contribution in [-0.2, 0) is 10.8 Å². The first-order valence-electron chi connectivity index (χ1n) is 12.4. The van der Waals surface area contributed by atoms with Crippen molar-refractivity contribution < 1.29 is 4.74 Å². The standard InChI is InChI=1S/C30H35N5O/c1-29(2,3)22-10-11-31-28(16-22)35-27-18-25(9-8-21(27)19-32-35)36-26-15-23(30(4,5)6)14-24(17-26)34-13-12-33(7)20-34/h8-19H,20H2,1-7H3. The number of ether oxygens (including phenoxy) is 1. The number of benzene rings is 2. The van der Waals surface area contributed by atoms with Crippen molar-refractivity contribution >= 4 is 16.6 Å². The smallest absolute Gasteiger partial charge is 0.154 e. The van der Waals surface area contributed by atoms with E-state index in [4.69, 9.17) is 4.74 Å². The van der Waals surface area contributed by atoms with E-state index >= 15 is 0 Å². The molecule has 1 aliphatic heterocycles. The van der Waals surface area contributed by atoms with Crippen molar-refractivity contribution in [3.8, 4) is 17.3 Å². The minimum Gasteiger partial charge on any atom is -0.457 e. The maximum Gasteiger partial charge on any atom is 0.154 e. The van der Waals surface area contributed by atoms with Crippen LogP contribution in [0.25, 0.3) is 16.7 Å². The molecule has 6 heteroatoms. The molecule has 6 nitrogen and oxygen atoms in total. The first kappa shape index (κ1) is 23.9. The van der Waals surface area contributed by atoms with Gasteiger partial charge in [-0.25, -0.2) is 9.67 Å². The molecular weight excluding hydrogens is 446 g/mol. The van der Waals surface area contributed by atoms with E-state index in [0.717, 1.165) is 40.6 Å². The van der Waals surface area contributed by atoms with E-state index in [-0.39, 0.29) is 10.8 Å². The number of rotatable bonds is 4. The van der Waals surface area contributed by atoms with Gasteiger partial charge in [-0.2, -0.15) is 5.10 Å². The Hall–Kier alpha value is -3.80. The molecule has 1 aliphatic rings. The van der Waals surface area contributed by atoms with Crippen molar-refractivity contribution in [2.24, 2.45) is 0 Å². The van der Waals surface area contributed by atoms with Crippen LogP contribution in [0.5, 0.6) is 11.5 Å². The van der Waals surface area contributed by atoms with E-state index in [1.54, 1.807) is 0 Å². The van der Waals surface area contributed by atoms with Crippen LogP contribution in [0.4, 0.5) is 5.69 Å². The fraction of sp³-hybridized carbons (Fsp3) is 0.333. The number of fused-ring (bicyclic) bond motifs is 1. The van der Waals surface area contributed by atoms with Crippen molar-refractivity contribution in [1.29, 1.82) is 0 Å². The van der Waals surface area contributed by atoms with Crippen LogP contribution in [0.15, 0.2) is 73.3 Å². The highest BCUT2D eigenvalue weighted by Crippen LogP contribution is 2.35. The lowest BCUT2D eigenvalue weighted by Crippen LogP contribution is -2.22. The molecule has 0 amide bonds. The molecule has 0 atom stereocenters. The molecule has 0 fully saturated rings. The molecule has 0 N–H and O–H groups in total. The third-order valence-electron chi connectivity index (χ3n) is 6.57. The van der Waals surface area contributed by atoms with Crippen LogP contribution in [-0.4, -0.2) is 33.4 Å². The third-order valence-corrected chi connectivity index (χ3v) is 6.57. The number of hydrogen-bond donors (Lipinski definition) is 0. The van der Waals surface area contributed by atoms with E-state index in [1.807, 2.05) is 29.2 Å². The molecule has 3 heterocycles. The number of aromatic nitrogens is 3. The highest BCUT2D eigenvalue weighted by molar-refractivity contribution is 5.81.